The minimum Gasteiger partial charge on any atom is -0.374 e. The molecule has 1 saturated heterocycles. The van der Waals surface area contributed by atoms with E-state index in [1.165, 1.54) is 11.9 Å². The summed E-state index contributed by atoms with van der Waals surface area (Å²) >= 11 is 0. The van der Waals surface area contributed by atoms with Crippen molar-refractivity contribution in [2.75, 3.05) is 26.2 Å². The highest BCUT2D eigenvalue weighted by Gasteiger charge is 2.22. The van der Waals surface area contributed by atoms with E-state index in [1.54, 1.807) is 17.9 Å². The van der Waals surface area contributed by atoms with Gasteiger partial charge in [0.15, 0.2) is 0 Å². The van der Waals surface area contributed by atoms with E-state index in [0.717, 1.165) is 19.6 Å². The molecule has 0 spiro atoms. The number of benzene rings is 1. The van der Waals surface area contributed by atoms with Crippen molar-refractivity contribution in [2.24, 2.45) is 0 Å². The van der Waals surface area contributed by atoms with Gasteiger partial charge in [-0.15, -0.1) is 0 Å². The zero-order valence-electron chi connectivity index (χ0n) is 13.8. The first-order valence-corrected chi connectivity index (χ1v) is 8.22. The van der Waals surface area contributed by atoms with E-state index in [0.29, 0.717) is 13.2 Å². The van der Waals surface area contributed by atoms with Gasteiger partial charge in [-0.1, -0.05) is 30.3 Å². The van der Waals surface area contributed by atoms with Gasteiger partial charge in [-0.05, 0) is 12.5 Å². The molecule has 1 N–H and O–H groups in total. The largest absolute Gasteiger partial charge is 0.374 e. The molecule has 1 amide bonds. The predicted molar refractivity (Wildman–Crippen MR) is 89.2 cm³/mol. The Kier molecular flexibility index (Phi) is 5.55. The Morgan fingerprint density at radius 3 is 3.00 bits per heavy atom. The van der Waals surface area contributed by atoms with E-state index in [4.69, 9.17) is 4.74 Å². The SMILES string of the molecule is CC(C(=O)NCC1CN(Cc2ccccc2)CCO1)n1cncn1. The maximum Gasteiger partial charge on any atom is 0.244 e. The van der Waals surface area contributed by atoms with Crippen molar-refractivity contribution < 1.29 is 9.53 Å². The van der Waals surface area contributed by atoms with E-state index >= 15 is 0 Å². The third-order valence-corrected chi connectivity index (χ3v) is 4.19. The highest BCUT2D eigenvalue weighted by Crippen LogP contribution is 2.10. The van der Waals surface area contributed by atoms with Crippen molar-refractivity contribution in [2.45, 2.75) is 25.6 Å². The Bertz CT molecular complexity index is 632. The van der Waals surface area contributed by atoms with Crippen LogP contribution in [0.15, 0.2) is 43.0 Å². The summed E-state index contributed by atoms with van der Waals surface area (Å²) in [7, 11) is 0. The van der Waals surface area contributed by atoms with Crippen molar-refractivity contribution in [3.63, 3.8) is 0 Å². The van der Waals surface area contributed by atoms with Gasteiger partial charge in [0.05, 0.1) is 12.7 Å². The van der Waals surface area contributed by atoms with Gasteiger partial charge in [0, 0.05) is 26.2 Å². The van der Waals surface area contributed by atoms with E-state index in [-0.39, 0.29) is 18.1 Å². The molecular weight excluding hydrogens is 306 g/mol. The number of hydrogen-bond acceptors (Lipinski definition) is 5. The summed E-state index contributed by atoms with van der Waals surface area (Å²) in [6, 6.07) is 10.0. The van der Waals surface area contributed by atoms with Gasteiger partial charge in [-0.2, -0.15) is 5.10 Å². The highest BCUT2D eigenvalue weighted by molar-refractivity contribution is 5.79. The summed E-state index contributed by atoms with van der Waals surface area (Å²) in [5, 5.41) is 6.94. The van der Waals surface area contributed by atoms with Crippen molar-refractivity contribution in [1.82, 2.24) is 25.0 Å². The number of morpholine rings is 1. The van der Waals surface area contributed by atoms with Crippen LogP contribution >= 0.6 is 0 Å². The molecule has 7 heteroatoms. The summed E-state index contributed by atoms with van der Waals surface area (Å²) < 4.78 is 7.32. The summed E-state index contributed by atoms with van der Waals surface area (Å²) in [5.74, 6) is -0.0794. The first-order chi connectivity index (χ1) is 11.7. The standard InChI is InChI=1S/C17H23N5O2/c1-14(22-13-18-12-20-22)17(23)19-9-16-11-21(7-8-24-16)10-15-5-3-2-4-6-15/h2-6,12-14,16H,7-11H2,1H3,(H,19,23). The second-order valence-electron chi connectivity index (χ2n) is 6.01. The molecule has 1 aliphatic rings. The van der Waals surface area contributed by atoms with Crippen molar-refractivity contribution >= 4 is 5.91 Å². The van der Waals surface area contributed by atoms with E-state index in [2.05, 4.69) is 44.6 Å². The molecule has 0 radical (unpaired) electrons. The van der Waals surface area contributed by atoms with E-state index < -0.39 is 0 Å². The molecule has 1 aromatic heterocycles. The molecule has 2 aromatic rings. The van der Waals surface area contributed by atoms with E-state index in [9.17, 15) is 4.79 Å². The molecule has 3 rings (SSSR count). The quantitative estimate of drug-likeness (QED) is 0.851. The molecule has 1 aliphatic heterocycles. The highest BCUT2D eigenvalue weighted by atomic mass is 16.5. The first kappa shape index (κ1) is 16.6. The lowest BCUT2D eigenvalue weighted by atomic mass is 10.2. The molecule has 1 fully saturated rings. The first-order valence-electron chi connectivity index (χ1n) is 8.22. The lowest BCUT2D eigenvalue weighted by Gasteiger charge is -2.33. The summed E-state index contributed by atoms with van der Waals surface area (Å²) in [5.41, 5.74) is 1.29. The second kappa shape index (κ2) is 8.03. The Morgan fingerprint density at radius 1 is 1.42 bits per heavy atom. The number of carbonyl (C=O) groups excluding carboxylic acids is 1. The molecule has 24 heavy (non-hydrogen) atoms. The Hall–Kier alpha value is -2.25. The molecule has 7 nitrogen and oxygen atoms in total. The van der Waals surface area contributed by atoms with Crippen LogP contribution in [0.1, 0.15) is 18.5 Å². The van der Waals surface area contributed by atoms with Crippen LogP contribution in [-0.2, 0) is 16.1 Å². The van der Waals surface area contributed by atoms with Crippen molar-refractivity contribution in [3.8, 4) is 0 Å². The number of amides is 1. The van der Waals surface area contributed by atoms with Gasteiger partial charge in [0.25, 0.3) is 0 Å². The predicted octanol–water partition coefficient (Wildman–Crippen LogP) is 0.856. The number of nitrogens with one attached hydrogen (secondary N) is 1. The Balaban J connectivity index is 1.46. The third-order valence-electron chi connectivity index (χ3n) is 4.19. The van der Waals surface area contributed by atoms with Gasteiger partial charge in [-0.25, -0.2) is 9.67 Å². The normalized spacial score (nSPS) is 19.8. The van der Waals surface area contributed by atoms with Crippen LogP contribution < -0.4 is 5.32 Å². The maximum absolute atomic E-state index is 12.2. The fraction of sp³-hybridized carbons (Fsp3) is 0.471. The van der Waals surface area contributed by atoms with Gasteiger partial charge in [0.1, 0.15) is 18.7 Å². The van der Waals surface area contributed by atoms with Crippen LogP contribution in [0.4, 0.5) is 0 Å². The van der Waals surface area contributed by atoms with Crippen LogP contribution in [0.3, 0.4) is 0 Å². The third kappa shape index (κ3) is 4.39. The molecule has 2 unspecified atom stereocenters. The molecule has 2 atom stereocenters. The molecule has 1 aromatic carbocycles. The van der Waals surface area contributed by atoms with Gasteiger partial charge < -0.3 is 10.1 Å². The van der Waals surface area contributed by atoms with Gasteiger partial charge >= 0.3 is 0 Å². The Morgan fingerprint density at radius 2 is 2.25 bits per heavy atom. The number of ether oxygens (including phenoxy) is 1. The van der Waals surface area contributed by atoms with Gasteiger partial charge in [-0.3, -0.25) is 9.69 Å². The van der Waals surface area contributed by atoms with E-state index in [1.807, 2.05) is 6.07 Å². The average molecular weight is 329 g/mol. The summed E-state index contributed by atoms with van der Waals surface area (Å²) in [6.45, 7) is 5.62. The lowest BCUT2D eigenvalue weighted by Crippen LogP contribution is -2.47. The van der Waals surface area contributed by atoms with Gasteiger partial charge in [0.2, 0.25) is 5.91 Å². The molecule has 0 aliphatic carbocycles. The lowest BCUT2D eigenvalue weighted by molar-refractivity contribution is -0.125. The number of nitrogens with zero attached hydrogens (tertiary/aromatic N) is 4. The monoisotopic (exact) mass is 329 g/mol. The van der Waals surface area contributed by atoms with Crippen molar-refractivity contribution in [1.29, 1.82) is 0 Å². The zero-order chi connectivity index (χ0) is 16.8. The van der Waals surface area contributed by atoms with Crippen LogP contribution in [0, 0.1) is 0 Å². The second-order valence-corrected chi connectivity index (χ2v) is 6.01. The number of aromatic nitrogens is 3. The number of hydrogen-bond donors (Lipinski definition) is 1. The minimum atomic E-state index is -0.378. The molecule has 0 saturated carbocycles. The average Bonchev–Trinajstić information content (AvgIpc) is 3.15. The minimum absolute atomic E-state index is 0.00867. The fourth-order valence-corrected chi connectivity index (χ4v) is 2.79. The molecule has 2 heterocycles. The van der Waals surface area contributed by atoms with Crippen LogP contribution in [-0.4, -0.2) is 57.9 Å². The molecule has 0 bridgehead atoms. The molecule has 128 valence electrons. The number of rotatable bonds is 6. The van der Waals surface area contributed by atoms with Crippen molar-refractivity contribution in [3.05, 3.63) is 48.5 Å². The molecular formula is C17H23N5O2. The fourth-order valence-electron chi connectivity index (χ4n) is 2.79. The smallest absolute Gasteiger partial charge is 0.244 e. The maximum atomic E-state index is 12.2. The number of carbonyl (C=O) groups is 1. The summed E-state index contributed by atoms with van der Waals surface area (Å²) in [6.07, 6.45) is 2.98. The summed E-state index contributed by atoms with van der Waals surface area (Å²) in [4.78, 5) is 18.4. The Labute approximate surface area is 141 Å². The zero-order valence-corrected chi connectivity index (χ0v) is 13.8. The topological polar surface area (TPSA) is 72.3 Å². The van der Waals surface area contributed by atoms with Crippen LogP contribution in [0.2, 0.25) is 0 Å². The van der Waals surface area contributed by atoms with Crippen LogP contribution in [0.25, 0.3) is 0 Å². The van der Waals surface area contributed by atoms with Crippen LogP contribution in [0.5, 0.6) is 0 Å².